The molecule has 4 rings (SSSR count). The van der Waals surface area contributed by atoms with Crippen molar-refractivity contribution in [2.75, 3.05) is 0 Å². The summed E-state index contributed by atoms with van der Waals surface area (Å²) in [7, 11) is 0. The monoisotopic (exact) mass is 472 g/mol. The van der Waals surface area contributed by atoms with Gasteiger partial charge in [0, 0.05) is 0 Å². The first-order valence-electron chi connectivity index (χ1n) is 8.80. The van der Waals surface area contributed by atoms with E-state index >= 15 is 0 Å². The fourth-order valence-corrected chi connectivity index (χ4v) is 2.58. The third kappa shape index (κ3) is 8.17. The molecule has 0 saturated heterocycles. The molecule has 0 aliphatic rings. The molecule has 0 atom stereocenters. The van der Waals surface area contributed by atoms with E-state index in [2.05, 4.69) is 110 Å². The Morgan fingerprint density at radius 1 is 0.296 bits per heavy atom. The van der Waals surface area contributed by atoms with Gasteiger partial charge in [0.05, 0.1) is 0 Å². The Balaban J connectivity index is 0.000000187. The maximum Gasteiger partial charge on any atom is 2.00 e. The van der Waals surface area contributed by atoms with E-state index in [1.807, 2.05) is 24.3 Å². The fraction of sp³-hybridized carbons (Fsp3) is 0. The molecule has 1 heteroatoms. The van der Waals surface area contributed by atoms with Gasteiger partial charge in [-0.3, -0.25) is 0 Å². The van der Waals surface area contributed by atoms with Crippen molar-refractivity contribution in [3.8, 4) is 0 Å². The Bertz CT molecular complexity index is 705. The van der Waals surface area contributed by atoms with Gasteiger partial charge in [0.15, 0.2) is 0 Å². The number of hydrogen-bond donors (Lipinski definition) is 0. The SMILES string of the molecule is [Ba+2].c1ccc([CH-]c2ccccc2)cc1.c1ccc([CH-]c2ccccc2)cc1. The maximum atomic E-state index is 2.17. The standard InChI is InChI=1S/2C13H11.Ba/c2*1-3-7-12(8-4-1)11-13-9-5-2-6-10-13;/h2*1-11H;/q2*-1;+2. The summed E-state index contributed by atoms with van der Waals surface area (Å²) in [5.41, 5.74) is 4.98. The molecular formula is C26H22Ba. The molecule has 0 N–H and O–H groups in total. The average molecular weight is 472 g/mol. The van der Waals surface area contributed by atoms with Crippen molar-refractivity contribution in [2.24, 2.45) is 0 Å². The summed E-state index contributed by atoms with van der Waals surface area (Å²) in [6.07, 6.45) is 4.33. The first-order valence-corrected chi connectivity index (χ1v) is 8.80. The van der Waals surface area contributed by atoms with Crippen molar-refractivity contribution < 1.29 is 0 Å². The molecule has 0 aliphatic heterocycles. The summed E-state index contributed by atoms with van der Waals surface area (Å²) in [6.45, 7) is 0. The largest absolute Gasteiger partial charge is 2.00 e. The first kappa shape index (κ1) is 21.5. The molecular weight excluding hydrogens is 450 g/mol. The Kier molecular flexibility index (Phi) is 9.99. The molecule has 0 heterocycles. The Labute approximate surface area is 203 Å². The van der Waals surface area contributed by atoms with Crippen molar-refractivity contribution in [1.82, 2.24) is 0 Å². The molecule has 0 nitrogen and oxygen atoms in total. The molecule has 0 aliphatic carbocycles. The minimum absolute atomic E-state index is 0. The summed E-state index contributed by atoms with van der Waals surface area (Å²) in [6, 6.07) is 41.4. The number of rotatable bonds is 4. The summed E-state index contributed by atoms with van der Waals surface area (Å²) < 4.78 is 0. The molecule has 4 aromatic rings. The van der Waals surface area contributed by atoms with E-state index in [0.29, 0.717) is 0 Å². The third-order valence-corrected chi connectivity index (χ3v) is 3.86. The van der Waals surface area contributed by atoms with Crippen LogP contribution in [-0.2, 0) is 0 Å². The predicted octanol–water partition coefficient (Wildman–Crippen LogP) is 6.19. The van der Waals surface area contributed by atoms with Gasteiger partial charge in [0.2, 0.25) is 0 Å². The van der Waals surface area contributed by atoms with Crippen molar-refractivity contribution >= 4 is 48.9 Å². The predicted molar refractivity (Wildman–Crippen MR) is 117 cm³/mol. The minimum Gasteiger partial charge on any atom is -0.126 e. The van der Waals surface area contributed by atoms with Crippen LogP contribution >= 0.6 is 0 Å². The van der Waals surface area contributed by atoms with E-state index < -0.39 is 0 Å². The number of hydrogen-bond acceptors (Lipinski definition) is 0. The van der Waals surface area contributed by atoms with Gasteiger partial charge in [-0.05, 0) is 0 Å². The van der Waals surface area contributed by atoms with Gasteiger partial charge in [-0.1, -0.05) is 72.8 Å². The summed E-state index contributed by atoms with van der Waals surface area (Å²) in [5, 5.41) is 0. The quantitative estimate of drug-likeness (QED) is 0.246. The van der Waals surface area contributed by atoms with Crippen LogP contribution in [0.3, 0.4) is 0 Å². The smallest absolute Gasteiger partial charge is 0.126 e. The van der Waals surface area contributed by atoms with E-state index in [1.54, 1.807) is 0 Å². The van der Waals surface area contributed by atoms with E-state index in [4.69, 9.17) is 0 Å². The van der Waals surface area contributed by atoms with Gasteiger partial charge in [-0.25, -0.2) is 0 Å². The van der Waals surface area contributed by atoms with Gasteiger partial charge in [0.1, 0.15) is 0 Å². The molecule has 0 spiro atoms. The van der Waals surface area contributed by atoms with Crippen LogP contribution in [0.15, 0.2) is 121 Å². The van der Waals surface area contributed by atoms with Crippen molar-refractivity contribution in [1.29, 1.82) is 0 Å². The van der Waals surface area contributed by atoms with Gasteiger partial charge in [-0.2, -0.15) is 0 Å². The molecule has 0 radical (unpaired) electrons. The second kappa shape index (κ2) is 12.6. The minimum atomic E-state index is 0. The number of benzene rings is 4. The van der Waals surface area contributed by atoms with Crippen molar-refractivity contribution in [2.45, 2.75) is 0 Å². The first-order chi connectivity index (χ1) is 12.9. The topological polar surface area (TPSA) is 0 Å². The molecule has 0 bridgehead atoms. The second-order valence-corrected chi connectivity index (χ2v) is 5.93. The van der Waals surface area contributed by atoms with Gasteiger partial charge >= 0.3 is 48.9 Å². The fourth-order valence-electron chi connectivity index (χ4n) is 2.58. The molecule has 128 valence electrons. The van der Waals surface area contributed by atoms with Gasteiger partial charge in [-0.15, -0.1) is 83.6 Å². The summed E-state index contributed by atoms with van der Waals surface area (Å²) in [5.74, 6) is 0. The molecule has 4 aromatic carbocycles. The van der Waals surface area contributed by atoms with E-state index in [0.717, 1.165) is 0 Å². The van der Waals surface area contributed by atoms with Crippen LogP contribution in [0.4, 0.5) is 0 Å². The van der Waals surface area contributed by atoms with Crippen LogP contribution in [0.25, 0.3) is 0 Å². The average Bonchev–Trinajstić information content (AvgIpc) is 2.72. The molecule has 0 fully saturated rings. The van der Waals surface area contributed by atoms with Crippen LogP contribution in [0.2, 0.25) is 0 Å². The van der Waals surface area contributed by atoms with Crippen LogP contribution in [0, 0.1) is 12.8 Å². The molecule has 0 amide bonds. The van der Waals surface area contributed by atoms with E-state index in [-0.39, 0.29) is 48.9 Å². The van der Waals surface area contributed by atoms with Crippen LogP contribution in [0.5, 0.6) is 0 Å². The second-order valence-electron chi connectivity index (χ2n) is 5.93. The molecule has 0 unspecified atom stereocenters. The van der Waals surface area contributed by atoms with E-state index in [1.165, 1.54) is 22.3 Å². The zero-order valence-corrected chi connectivity index (χ0v) is 19.8. The zero-order valence-electron chi connectivity index (χ0n) is 15.4. The van der Waals surface area contributed by atoms with Gasteiger partial charge < -0.3 is 0 Å². The van der Waals surface area contributed by atoms with Crippen LogP contribution in [-0.4, -0.2) is 48.9 Å². The van der Waals surface area contributed by atoms with E-state index in [9.17, 15) is 0 Å². The van der Waals surface area contributed by atoms with Crippen molar-refractivity contribution in [3.05, 3.63) is 156 Å². The third-order valence-electron chi connectivity index (χ3n) is 3.86. The maximum absolute atomic E-state index is 2.17. The zero-order chi connectivity index (χ0) is 17.9. The Morgan fingerprint density at radius 2 is 0.481 bits per heavy atom. The summed E-state index contributed by atoms with van der Waals surface area (Å²) >= 11 is 0. The normalized spacial score (nSPS) is 9.19. The van der Waals surface area contributed by atoms with Crippen LogP contribution in [0.1, 0.15) is 22.3 Å². The van der Waals surface area contributed by atoms with Crippen molar-refractivity contribution in [3.63, 3.8) is 0 Å². The molecule has 0 aromatic heterocycles. The van der Waals surface area contributed by atoms with Crippen LogP contribution < -0.4 is 0 Å². The summed E-state index contributed by atoms with van der Waals surface area (Å²) in [4.78, 5) is 0. The Hall–Kier alpha value is -1.81. The Morgan fingerprint density at radius 3 is 0.667 bits per heavy atom. The molecule has 27 heavy (non-hydrogen) atoms. The van der Waals surface area contributed by atoms with Gasteiger partial charge in [0.25, 0.3) is 0 Å². The molecule has 0 saturated carbocycles.